The maximum absolute atomic E-state index is 12.8. The van der Waals surface area contributed by atoms with E-state index in [1.54, 1.807) is 8.82 Å². The van der Waals surface area contributed by atoms with Crippen LogP contribution in [0.3, 0.4) is 0 Å². The lowest BCUT2D eigenvalue weighted by Crippen LogP contribution is -2.55. The van der Waals surface area contributed by atoms with E-state index in [-0.39, 0.29) is 0 Å². The largest absolute Gasteiger partial charge is 0.379 e. The standard InChI is InChI=1S/C16H25N7O3S/c1-2-3-14-12-15(23-16(19-14)17-13-18-23)20-4-6-21(7-5-20)27(24,25)22-8-10-26-11-9-22/h12-13H,2-11H2,1H3. The van der Waals surface area contributed by atoms with Gasteiger partial charge in [0.05, 0.1) is 13.2 Å². The van der Waals surface area contributed by atoms with Crippen LogP contribution in [0.25, 0.3) is 5.78 Å². The highest BCUT2D eigenvalue weighted by atomic mass is 32.2. The van der Waals surface area contributed by atoms with Crippen molar-refractivity contribution in [3.05, 3.63) is 18.1 Å². The van der Waals surface area contributed by atoms with Crippen LogP contribution in [-0.2, 0) is 21.4 Å². The van der Waals surface area contributed by atoms with Gasteiger partial charge in [0.25, 0.3) is 16.0 Å². The van der Waals surface area contributed by atoms with Gasteiger partial charge in [-0.15, -0.1) is 0 Å². The summed E-state index contributed by atoms with van der Waals surface area (Å²) in [6, 6.07) is 2.04. The number of hydrogen-bond donors (Lipinski definition) is 0. The van der Waals surface area contributed by atoms with Crippen LogP contribution in [0.1, 0.15) is 19.0 Å². The third-order valence-corrected chi connectivity index (χ3v) is 7.01. The van der Waals surface area contributed by atoms with E-state index in [9.17, 15) is 8.42 Å². The van der Waals surface area contributed by atoms with E-state index in [0.717, 1.165) is 24.4 Å². The Balaban J connectivity index is 1.51. The molecule has 148 valence electrons. The van der Waals surface area contributed by atoms with Gasteiger partial charge in [0, 0.05) is 51.0 Å². The molecule has 4 heterocycles. The van der Waals surface area contributed by atoms with Crippen molar-refractivity contribution in [3.8, 4) is 0 Å². The first-order valence-corrected chi connectivity index (χ1v) is 10.8. The Morgan fingerprint density at radius 3 is 2.48 bits per heavy atom. The summed E-state index contributed by atoms with van der Waals surface area (Å²) in [5.41, 5.74) is 0.983. The van der Waals surface area contributed by atoms with Crippen LogP contribution in [0.5, 0.6) is 0 Å². The van der Waals surface area contributed by atoms with Gasteiger partial charge in [-0.05, 0) is 6.42 Å². The van der Waals surface area contributed by atoms with Crippen LogP contribution in [0, 0.1) is 0 Å². The summed E-state index contributed by atoms with van der Waals surface area (Å²) in [5, 5.41) is 4.28. The van der Waals surface area contributed by atoms with Crippen molar-refractivity contribution in [2.24, 2.45) is 0 Å². The van der Waals surface area contributed by atoms with Crippen LogP contribution in [0.15, 0.2) is 12.4 Å². The number of piperazine rings is 1. The Morgan fingerprint density at radius 1 is 1.07 bits per heavy atom. The monoisotopic (exact) mass is 395 g/mol. The molecule has 4 rings (SSSR count). The summed E-state index contributed by atoms with van der Waals surface area (Å²) < 4.78 is 35.8. The molecule has 2 aliphatic rings. The van der Waals surface area contributed by atoms with Gasteiger partial charge in [0.2, 0.25) is 0 Å². The first-order chi connectivity index (χ1) is 13.1. The molecule has 27 heavy (non-hydrogen) atoms. The number of morpholine rings is 1. The van der Waals surface area contributed by atoms with Gasteiger partial charge in [-0.1, -0.05) is 13.3 Å². The Morgan fingerprint density at radius 2 is 1.78 bits per heavy atom. The van der Waals surface area contributed by atoms with Gasteiger partial charge in [0.1, 0.15) is 12.1 Å². The molecule has 0 amide bonds. The van der Waals surface area contributed by atoms with E-state index in [1.807, 2.05) is 6.07 Å². The minimum atomic E-state index is -3.43. The van der Waals surface area contributed by atoms with Crippen LogP contribution in [0.4, 0.5) is 5.82 Å². The number of ether oxygens (including phenoxy) is 1. The number of fused-ring (bicyclic) bond motifs is 1. The molecular formula is C16H25N7O3S. The van der Waals surface area contributed by atoms with Crippen LogP contribution in [-0.4, -0.2) is 89.1 Å². The maximum atomic E-state index is 12.8. The number of aromatic nitrogens is 4. The molecule has 0 saturated carbocycles. The Labute approximate surface area is 158 Å². The fourth-order valence-corrected chi connectivity index (χ4v) is 5.10. The Kier molecular flexibility index (Phi) is 5.26. The summed E-state index contributed by atoms with van der Waals surface area (Å²) in [6.45, 7) is 5.98. The number of hydrogen-bond acceptors (Lipinski definition) is 7. The third-order valence-electron chi connectivity index (χ3n) is 4.98. The van der Waals surface area contributed by atoms with Crippen molar-refractivity contribution >= 4 is 21.8 Å². The zero-order chi connectivity index (χ0) is 18.9. The highest BCUT2D eigenvalue weighted by Crippen LogP contribution is 2.21. The van der Waals surface area contributed by atoms with Gasteiger partial charge in [-0.25, -0.2) is 4.98 Å². The number of anilines is 1. The molecule has 0 bridgehead atoms. The molecule has 2 aliphatic heterocycles. The third kappa shape index (κ3) is 3.64. The molecule has 2 saturated heterocycles. The van der Waals surface area contributed by atoms with Crippen molar-refractivity contribution < 1.29 is 13.2 Å². The molecule has 0 aromatic carbocycles. The molecular weight excluding hydrogens is 370 g/mol. The van der Waals surface area contributed by atoms with Gasteiger partial charge < -0.3 is 9.64 Å². The van der Waals surface area contributed by atoms with Crippen molar-refractivity contribution in [1.29, 1.82) is 0 Å². The average Bonchev–Trinajstić information content (AvgIpc) is 3.17. The molecule has 11 heteroatoms. The van der Waals surface area contributed by atoms with E-state index in [4.69, 9.17) is 4.74 Å². The smallest absolute Gasteiger partial charge is 0.282 e. The molecule has 0 unspecified atom stereocenters. The Bertz CT molecular complexity index is 887. The predicted octanol–water partition coefficient (Wildman–Crippen LogP) is -0.224. The first kappa shape index (κ1) is 18.5. The summed E-state index contributed by atoms with van der Waals surface area (Å²) in [5.74, 6) is 1.50. The van der Waals surface area contributed by atoms with Gasteiger partial charge >= 0.3 is 0 Å². The molecule has 0 radical (unpaired) electrons. The molecule has 2 aromatic rings. The molecule has 2 fully saturated rings. The topological polar surface area (TPSA) is 96.2 Å². The molecule has 10 nitrogen and oxygen atoms in total. The summed E-state index contributed by atoms with van der Waals surface area (Å²) in [6.07, 6.45) is 3.38. The van der Waals surface area contributed by atoms with Gasteiger partial charge in [-0.3, -0.25) is 0 Å². The zero-order valence-corrected chi connectivity index (χ0v) is 16.3. The van der Waals surface area contributed by atoms with Gasteiger partial charge in [0.15, 0.2) is 0 Å². The number of rotatable bonds is 5. The van der Waals surface area contributed by atoms with E-state index >= 15 is 0 Å². The zero-order valence-electron chi connectivity index (χ0n) is 15.5. The molecule has 2 aromatic heterocycles. The minimum Gasteiger partial charge on any atom is -0.379 e. The van der Waals surface area contributed by atoms with E-state index < -0.39 is 10.2 Å². The molecule has 0 spiro atoms. The molecule has 0 N–H and O–H groups in total. The quantitative estimate of drug-likeness (QED) is 0.690. The van der Waals surface area contributed by atoms with E-state index in [1.165, 1.54) is 10.6 Å². The fraction of sp³-hybridized carbons (Fsp3) is 0.688. The second-order valence-corrected chi connectivity index (χ2v) is 8.66. The Hall–Kier alpha value is -1.82. The summed E-state index contributed by atoms with van der Waals surface area (Å²) in [4.78, 5) is 10.9. The van der Waals surface area contributed by atoms with E-state index in [0.29, 0.717) is 58.3 Å². The molecule has 0 aliphatic carbocycles. The highest BCUT2D eigenvalue weighted by molar-refractivity contribution is 7.86. The molecule has 0 atom stereocenters. The number of nitrogens with zero attached hydrogens (tertiary/aromatic N) is 7. The summed E-state index contributed by atoms with van der Waals surface area (Å²) in [7, 11) is -3.43. The normalized spacial score (nSPS) is 20.4. The van der Waals surface area contributed by atoms with Crippen LogP contribution in [0.2, 0.25) is 0 Å². The SMILES string of the molecule is CCCc1cc(N2CCN(S(=O)(=O)N3CCOCC3)CC2)n2ncnc2n1. The maximum Gasteiger partial charge on any atom is 0.282 e. The summed E-state index contributed by atoms with van der Waals surface area (Å²) >= 11 is 0. The highest BCUT2D eigenvalue weighted by Gasteiger charge is 2.33. The lowest BCUT2D eigenvalue weighted by atomic mass is 10.2. The lowest BCUT2D eigenvalue weighted by Gasteiger charge is -2.38. The van der Waals surface area contributed by atoms with Gasteiger partial charge in [-0.2, -0.15) is 31.6 Å². The fourth-order valence-electron chi connectivity index (χ4n) is 3.54. The first-order valence-electron chi connectivity index (χ1n) is 9.37. The van der Waals surface area contributed by atoms with Crippen LogP contribution < -0.4 is 4.90 Å². The van der Waals surface area contributed by atoms with E-state index in [2.05, 4.69) is 26.9 Å². The van der Waals surface area contributed by atoms with Crippen molar-refractivity contribution in [2.45, 2.75) is 19.8 Å². The predicted molar refractivity (Wildman–Crippen MR) is 99.9 cm³/mol. The average molecular weight is 395 g/mol. The minimum absolute atomic E-state index is 0.423. The van der Waals surface area contributed by atoms with Crippen LogP contribution >= 0.6 is 0 Å². The lowest BCUT2D eigenvalue weighted by molar-refractivity contribution is 0.0700. The second kappa shape index (κ2) is 7.66. The number of aryl methyl sites for hydroxylation is 1. The second-order valence-electron chi connectivity index (χ2n) is 6.73. The van der Waals surface area contributed by atoms with Crippen molar-refractivity contribution in [3.63, 3.8) is 0 Å². The van der Waals surface area contributed by atoms with Crippen molar-refractivity contribution in [1.82, 2.24) is 28.2 Å². The van der Waals surface area contributed by atoms with Crippen molar-refractivity contribution in [2.75, 3.05) is 57.4 Å².